The average Bonchev–Trinajstić information content (AvgIpc) is 2.88. The number of fused-ring (bicyclic) bond motifs is 3. The van der Waals surface area contributed by atoms with Crippen molar-refractivity contribution in [2.75, 3.05) is 12.8 Å². The van der Waals surface area contributed by atoms with E-state index in [9.17, 15) is 4.79 Å². The summed E-state index contributed by atoms with van der Waals surface area (Å²) in [7, 11) is 1.32. The van der Waals surface area contributed by atoms with Crippen LogP contribution in [0.15, 0.2) is 18.2 Å². The Morgan fingerprint density at radius 3 is 3.06 bits per heavy atom. The quantitative estimate of drug-likeness (QED) is 0.602. The molecule has 0 bridgehead atoms. The molecule has 8 heteroatoms. The zero-order valence-electron chi connectivity index (χ0n) is 9.36. The number of methoxy groups -OCH3 is 1. The van der Waals surface area contributed by atoms with Gasteiger partial charge < -0.3 is 10.5 Å². The summed E-state index contributed by atoms with van der Waals surface area (Å²) >= 11 is 0. The van der Waals surface area contributed by atoms with Crippen molar-refractivity contribution in [2.45, 2.75) is 0 Å². The number of carbonyl (C=O) groups excluding carboxylic acids is 1. The predicted molar refractivity (Wildman–Crippen MR) is 61.8 cm³/mol. The topological polar surface area (TPSA) is 108 Å². The monoisotopic (exact) mass is 244 g/mol. The molecule has 0 saturated carbocycles. The Balaban J connectivity index is 2.38. The number of benzene rings is 1. The Labute approximate surface area is 100 Å². The lowest BCUT2D eigenvalue weighted by Crippen LogP contribution is -2.04. The van der Waals surface area contributed by atoms with Crippen molar-refractivity contribution in [3.05, 3.63) is 23.8 Å². The standard InChI is InChI=1S/C10H8N6O2/c1-18-10(17)5-2-3-6-7(4-5)16-9(8(11)12-6)13-14-15-16/h2-4H,1H3,(H2,11,12). The average molecular weight is 244 g/mol. The van der Waals surface area contributed by atoms with Crippen LogP contribution in [0, 0.1) is 0 Å². The van der Waals surface area contributed by atoms with Crippen LogP contribution in [0.4, 0.5) is 5.82 Å². The predicted octanol–water partition coefficient (Wildman–Crippen LogP) is 0.0413. The second-order valence-corrected chi connectivity index (χ2v) is 3.61. The van der Waals surface area contributed by atoms with E-state index in [1.807, 2.05) is 0 Å². The lowest BCUT2D eigenvalue weighted by Gasteiger charge is -2.04. The number of hydrogen-bond donors (Lipinski definition) is 1. The molecule has 0 spiro atoms. The van der Waals surface area contributed by atoms with Crippen LogP contribution in [0.1, 0.15) is 10.4 Å². The Hall–Kier alpha value is -2.77. The molecular weight excluding hydrogens is 236 g/mol. The normalized spacial score (nSPS) is 10.9. The van der Waals surface area contributed by atoms with Gasteiger partial charge in [0.25, 0.3) is 0 Å². The molecule has 1 aromatic carbocycles. The summed E-state index contributed by atoms with van der Waals surface area (Å²) in [5.41, 5.74) is 7.66. The Bertz CT molecular complexity index is 765. The van der Waals surface area contributed by atoms with Gasteiger partial charge in [-0.1, -0.05) is 0 Å². The number of tetrazole rings is 1. The van der Waals surface area contributed by atoms with Gasteiger partial charge in [0.1, 0.15) is 0 Å². The molecule has 0 fully saturated rings. The van der Waals surface area contributed by atoms with E-state index < -0.39 is 5.97 Å². The summed E-state index contributed by atoms with van der Waals surface area (Å²) < 4.78 is 6.09. The largest absolute Gasteiger partial charge is 0.465 e. The van der Waals surface area contributed by atoms with Gasteiger partial charge in [-0.2, -0.15) is 4.52 Å². The highest BCUT2D eigenvalue weighted by atomic mass is 16.5. The van der Waals surface area contributed by atoms with E-state index in [2.05, 4.69) is 25.2 Å². The first kappa shape index (κ1) is 10.4. The first-order chi connectivity index (χ1) is 8.70. The van der Waals surface area contributed by atoms with E-state index >= 15 is 0 Å². The zero-order valence-corrected chi connectivity index (χ0v) is 9.36. The fourth-order valence-corrected chi connectivity index (χ4v) is 1.72. The molecule has 3 aromatic rings. The molecule has 0 atom stereocenters. The smallest absolute Gasteiger partial charge is 0.337 e. The maximum absolute atomic E-state index is 11.5. The van der Waals surface area contributed by atoms with E-state index in [1.165, 1.54) is 11.6 Å². The molecule has 2 aromatic heterocycles. The molecule has 0 aliphatic heterocycles. The molecule has 2 heterocycles. The Morgan fingerprint density at radius 2 is 2.28 bits per heavy atom. The fourth-order valence-electron chi connectivity index (χ4n) is 1.72. The van der Waals surface area contributed by atoms with Crippen LogP contribution < -0.4 is 5.73 Å². The molecule has 2 N–H and O–H groups in total. The van der Waals surface area contributed by atoms with Crippen molar-refractivity contribution in [3.63, 3.8) is 0 Å². The van der Waals surface area contributed by atoms with Crippen molar-refractivity contribution in [1.82, 2.24) is 25.0 Å². The summed E-state index contributed by atoms with van der Waals surface area (Å²) in [6, 6.07) is 4.88. The number of carbonyl (C=O) groups is 1. The summed E-state index contributed by atoms with van der Waals surface area (Å²) in [6.45, 7) is 0. The van der Waals surface area contributed by atoms with Crippen molar-refractivity contribution < 1.29 is 9.53 Å². The van der Waals surface area contributed by atoms with Crippen molar-refractivity contribution in [3.8, 4) is 0 Å². The number of hydrogen-bond acceptors (Lipinski definition) is 7. The molecule has 0 aliphatic rings. The van der Waals surface area contributed by atoms with Crippen molar-refractivity contribution >= 4 is 28.5 Å². The van der Waals surface area contributed by atoms with Crippen LogP contribution in [0.5, 0.6) is 0 Å². The molecule has 0 saturated heterocycles. The number of anilines is 1. The number of esters is 1. The Kier molecular flexibility index (Phi) is 2.09. The number of aromatic nitrogens is 5. The van der Waals surface area contributed by atoms with Crippen LogP contribution >= 0.6 is 0 Å². The molecule has 0 unspecified atom stereocenters. The highest BCUT2D eigenvalue weighted by Gasteiger charge is 2.12. The molecule has 8 nitrogen and oxygen atoms in total. The lowest BCUT2D eigenvalue weighted by molar-refractivity contribution is 0.0601. The maximum Gasteiger partial charge on any atom is 0.337 e. The van der Waals surface area contributed by atoms with E-state index in [-0.39, 0.29) is 5.82 Å². The van der Waals surface area contributed by atoms with Gasteiger partial charge in [-0.15, -0.1) is 5.10 Å². The molecule has 18 heavy (non-hydrogen) atoms. The highest BCUT2D eigenvalue weighted by Crippen LogP contribution is 2.18. The first-order valence-corrected chi connectivity index (χ1v) is 5.06. The van der Waals surface area contributed by atoms with Crippen LogP contribution in [-0.4, -0.2) is 38.1 Å². The van der Waals surface area contributed by atoms with Gasteiger partial charge in [0, 0.05) is 0 Å². The van der Waals surface area contributed by atoms with Crippen LogP contribution in [-0.2, 0) is 4.74 Å². The minimum atomic E-state index is -0.435. The number of rotatable bonds is 1. The minimum Gasteiger partial charge on any atom is -0.465 e. The number of ether oxygens (including phenoxy) is 1. The van der Waals surface area contributed by atoms with Crippen LogP contribution in [0.2, 0.25) is 0 Å². The molecule has 3 rings (SSSR count). The second-order valence-electron chi connectivity index (χ2n) is 3.61. The SMILES string of the molecule is COC(=O)c1ccc2nc(N)c3nnnn3c2c1. The van der Waals surface area contributed by atoms with E-state index in [0.29, 0.717) is 22.2 Å². The van der Waals surface area contributed by atoms with E-state index in [4.69, 9.17) is 5.73 Å². The van der Waals surface area contributed by atoms with Gasteiger partial charge in [0.2, 0.25) is 5.65 Å². The van der Waals surface area contributed by atoms with Gasteiger partial charge in [0.15, 0.2) is 5.82 Å². The van der Waals surface area contributed by atoms with Crippen LogP contribution in [0.25, 0.3) is 16.7 Å². The molecule has 0 radical (unpaired) electrons. The lowest BCUT2D eigenvalue weighted by atomic mass is 10.2. The highest BCUT2D eigenvalue weighted by molar-refractivity contribution is 5.94. The third-order valence-corrected chi connectivity index (χ3v) is 2.56. The van der Waals surface area contributed by atoms with Crippen LogP contribution in [0.3, 0.4) is 0 Å². The molecular formula is C10H8N6O2. The summed E-state index contributed by atoms with van der Waals surface area (Å²) in [5, 5.41) is 11.1. The number of nitrogen functional groups attached to an aromatic ring is 1. The minimum absolute atomic E-state index is 0.235. The van der Waals surface area contributed by atoms with E-state index in [0.717, 1.165) is 0 Å². The third-order valence-electron chi connectivity index (χ3n) is 2.56. The van der Waals surface area contributed by atoms with Crippen molar-refractivity contribution in [1.29, 1.82) is 0 Å². The van der Waals surface area contributed by atoms with Gasteiger partial charge in [-0.3, -0.25) is 0 Å². The van der Waals surface area contributed by atoms with Gasteiger partial charge in [-0.25, -0.2) is 9.78 Å². The molecule has 0 aliphatic carbocycles. The van der Waals surface area contributed by atoms with Gasteiger partial charge >= 0.3 is 5.97 Å². The number of nitrogens with two attached hydrogens (primary N) is 1. The van der Waals surface area contributed by atoms with Gasteiger partial charge in [0.05, 0.1) is 23.7 Å². The maximum atomic E-state index is 11.5. The summed E-state index contributed by atoms with van der Waals surface area (Å²) in [4.78, 5) is 15.6. The second kappa shape index (κ2) is 3.62. The zero-order chi connectivity index (χ0) is 12.7. The summed E-state index contributed by atoms with van der Waals surface area (Å²) in [6.07, 6.45) is 0. The fraction of sp³-hybridized carbons (Fsp3) is 0.100. The molecule has 0 amide bonds. The van der Waals surface area contributed by atoms with Gasteiger partial charge in [-0.05, 0) is 28.6 Å². The molecule has 90 valence electrons. The first-order valence-electron chi connectivity index (χ1n) is 5.06. The van der Waals surface area contributed by atoms with Crippen molar-refractivity contribution in [2.24, 2.45) is 0 Å². The Morgan fingerprint density at radius 1 is 1.44 bits per heavy atom. The number of nitrogens with zero attached hydrogens (tertiary/aromatic N) is 5. The third kappa shape index (κ3) is 1.35. The van der Waals surface area contributed by atoms with E-state index in [1.54, 1.807) is 18.2 Å². The summed E-state index contributed by atoms with van der Waals surface area (Å²) in [5.74, 6) is -0.201.